The van der Waals surface area contributed by atoms with Gasteiger partial charge in [-0.25, -0.2) is 4.79 Å². The second kappa shape index (κ2) is 6.82. The summed E-state index contributed by atoms with van der Waals surface area (Å²) < 4.78 is 5.16. The molecule has 0 bridgehead atoms. The number of carboxylic acid groups (broad SMARTS) is 1. The number of furan rings is 1. The van der Waals surface area contributed by atoms with Crippen LogP contribution in [0.5, 0.6) is 0 Å². The molecule has 5 nitrogen and oxygen atoms in total. The number of thioether (sulfide) groups is 1. The maximum atomic E-state index is 10.7. The topological polar surface area (TPSA) is 65.7 Å². The van der Waals surface area contributed by atoms with Crippen molar-refractivity contribution >= 4 is 17.7 Å². The molecule has 0 saturated carbocycles. The van der Waals surface area contributed by atoms with Crippen LogP contribution in [0.4, 0.5) is 0 Å². The van der Waals surface area contributed by atoms with Crippen LogP contribution in [0.25, 0.3) is 0 Å². The molecule has 0 atom stereocenters. The van der Waals surface area contributed by atoms with Crippen molar-refractivity contribution in [2.75, 3.05) is 37.7 Å². The van der Waals surface area contributed by atoms with Gasteiger partial charge in [-0.3, -0.25) is 0 Å². The zero-order chi connectivity index (χ0) is 12.8. The first-order valence-electron chi connectivity index (χ1n) is 6.07. The monoisotopic (exact) mass is 270 g/mol. The standard InChI is InChI=1S/C12H18N2O3S/c15-12(16)10-7-11(17-9-10)8-13-1-2-14-3-5-18-6-4-14/h7,9,13H,1-6,8H2,(H,15,16). The number of hydrogen-bond donors (Lipinski definition) is 2. The zero-order valence-electron chi connectivity index (χ0n) is 10.2. The Morgan fingerprint density at radius 1 is 1.50 bits per heavy atom. The lowest BCUT2D eigenvalue weighted by Gasteiger charge is -2.25. The van der Waals surface area contributed by atoms with Gasteiger partial charge in [-0.05, 0) is 6.07 Å². The molecule has 2 rings (SSSR count). The van der Waals surface area contributed by atoms with E-state index in [-0.39, 0.29) is 5.56 Å². The fourth-order valence-electron chi connectivity index (χ4n) is 1.86. The van der Waals surface area contributed by atoms with Gasteiger partial charge in [0.15, 0.2) is 0 Å². The minimum absolute atomic E-state index is 0.208. The highest BCUT2D eigenvalue weighted by Gasteiger charge is 2.10. The molecular formula is C12H18N2O3S. The molecule has 1 aliphatic heterocycles. The van der Waals surface area contributed by atoms with Crippen LogP contribution in [-0.4, -0.2) is 53.7 Å². The predicted molar refractivity (Wildman–Crippen MR) is 71.1 cm³/mol. The fraction of sp³-hybridized carbons (Fsp3) is 0.583. The Bertz CT molecular complexity index is 388. The highest BCUT2D eigenvalue weighted by Crippen LogP contribution is 2.09. The summed E-state index contributed by atoms with van der Waals surface area (Å²) in [6.07, 6.45) is 1.28. The Hall–Kier alpha value is -0.980. The van der Waals surface area contributed by atoms with Gasteiger partial charge < -0.3 is 19.7 Å². The second-order valence-electron chi connectivity index (χ2n) is 4.24. The van der Waals surface area contributed by atoms with Crippen molar-refractivity contribution in [3.05, 3.63) is 23.7 Å². The molecule has 1 aliphatic rings. The number of nitrogens with zero attached hydrogens (tertiary/aromatic N) is 1. The molecule has 0 unspecified atom stereocenters. The van der Waals surface area contributed by atoms with Crippen LogP contribution in [0.2, 0.25) is 0 Å². The molecule has 1 aromatic heterocycles. The molecule has 0 amide bonds. The van der Waals surface area contributed by atoms with Crippen molar-refractivity contribution < 1.29 is 14.3 Å². The number of nitrogens with one attached hydrogen (secondary N) is 1. The Morgan fingerprint density at radius 3 is 2.94 bits per heavy atom. The van der Waals surface area contributed by atoms with E-state index >= 15 is 0 Å². The summed E-state index contributed by atoms with van der Waals surface area (Å²) in [5.74, 6) is 2.16. The molecule has 0 aliphatic carbocycles. The lowest BCUT2D eigenvalue weighted by molar-refractivity contribution is 0.0696. The van der Waals surface area contributed by atoms with E-state index in [1.54, 1.807) is 6.07 Å². The summed E-state index contributed by atoms with van der Waals surface area (Å²) >= 11 is 2.01. The minimum Gasteiger partial charge on any atom is -0.478 e. The van der Waals surface area contributed by atoms with Gasteiger partial charge in [0.05, 0.1) is 12.1 Å². The van der Waals surface area contributed by atoms with Crippen molar-refractivity contribution in [3.8, 4) is 0 Å². The Morgan fingerprint density at radius 2 is 2.28 bits per heavy atom. The Kier molecular flexibility index (Phi) is 5.10. The van der Waals surface area contributed by atoms with E-state index < -0.39 is 5.97 Å². The van der Waals surface area contributed by atoms with Crippen LogP contribution < -0.4 is 5.32 Å². The molecule has 2 N–H and O–H groups in total. The Balaban J connectivity index is 1.63. The molecule has 0 spiro atoms. The van der Waals surface area contributed by atoms with E-state index in [0.717, 1.165) is 26.2 Å². The average Bonchev–Trinajstić information content (AvgIpc) is 2.85. The van der Waals surface area contributed by atoms with E-state index in [1.165, 1.54) is 17.8 Å². The SMILES string of the molecule is O=C(O)c1coc(CNCCN2CCSCC2)c1. The van der Waals surface area contributed by atoms with Gasteiger partial charge in [0.2, 0.25) is 0 Å². The van der Waals surface area contributed by atoms with Crippen LogP contribution in [-0.2, 0) is 6.54 Å². The van der Waals surface area contributed by atoms with Gasteiger partial charge in [0.25, 0.3) is 0 Å². The van der Waals surface area contributed by atoms with E-state index in [1.807, 2.05) is 11.8 Å². The summed E-state index contributed by atoms with van der Waals surface area (Å²) in [5, 5.41) is 12.0. The van der Waals surface area contributed by atoms with Crippen molar-refractivity contribution in [2.45, 2.75) is 6.54 Å². The third kappa shape index (κ3) is 4.04. The quantitative estimate of drug-likeness (QED) is 0.755. The molecule has 6 heteroatoms. The van der Waals surface area contributed by atoms with E-state index in [4.69, 9.17) is 9.52 Å². The summed E-state index contributed by atoms with van der Waals surface area (Å²) in [5.41, 5.74) is 0.208. The molecular weight excluding hydrogens is 252 g/mol. The van der Waals surface area contributed by atoms with E-state index in [0.29, 0.717) is 12.3 Å². The van der Waals surface area contributed by atoms with E-state index in [2.05, 4.69) is 10.2 Å². The van der Waals surface area contributed by atoms with Gasteiger partial charge in [-0.15, -0.1) is 0 Å². The van der Waals surface area contributed by atoms with Gasteiger partial charge in [0, 0.05) is 37.7 Å². The lowest BCUT2D eigenvalue weighted by Crippen LogP contribution is -2.37. The smallest absolute Gasteiger partial charge is 0.338 e. The second-order valence-corrected chi connectivity index (χ2v) is 5.46. The normalized spacial score (nSPS) is 16.9. The molecule has 18 heavy (non-hydrogen) atoms. The molecule has 100 valence electrons. The third-order valence-electron chi connectivity index (χ3n) is 2.91. The van der Waals surface area contributed by atoms with Gasteiger partial charge in [-0.1, -0.05) is 0 Å². The van der Waals surface area contributed by atoms with Crippen LogP contribution in [0, 0.1) is 0 Å². The van der Waals surface area contributed by atoms with Gasteiger partial charge in [-0.2, -0.15) is 11.8 Å². The van der Waals surface area contributed by atoms with Crippen LogP contribution in [0.15, 0.2) is 16.7 Å². The lowest BCUT2D eigenvalue weighted by atomic mass is 10.3. The maximum absolute atomic E-state index is 10.7. The number of carboxylic acids is 1. The highest BCUT2D eigenvalue weighted by atomic mass is 32.2. The molecule has 1 saturated heterocycles. The Labute approximate surface area is 111 Å². The summed E-state index contributed by atoms with van der Waals surface area (Å²) in [6.45, 7) is 4.84. The molecule has 1 aromatic rings. The van der Waals surface area contributed by atoms with Crippen molar-refractivity contribution in [2.24, 2.45) is 0 Å². The first kappa shape index (κ1) is 13.5. The van der Waals surface area contributed by atoms with E-state index in [9.17, 15) is 4.79 Å². The highest BCUT2D eigenvalue weighted by molar-refractivity contribution is 7.99. The van der Waals surface area contributed by atoms with Crippen molar-refractivity contribution in [1.82, 2.24) is 10.2 Å². The first-order chi connectivity index (χ1) is 8.75. The predicted octanol–water partition coefficient (Wildman–Crippen LogP) is 1.12. The molecule has 0 aromatic carbocycles. The van der Waals surface area contributed by atoms with Gasteiger partial charge >= 0.3 is 5.97 Å². The number of rotatable bonds is 6. The fourth-order valence-corrected chi connectivity index (χ4v) is 2.84. The van der Waals surface area contributed by atoms with Gasteiger partial charge in [0.1, 0.15) is 12.0 Å². The van der Waals surface area contributed by atoms with Crippen molar-refractivity contribution in [1.29, 1.82) is 0 Å². The summed E-state index contributed by atoms with van der Waals surface area (Å²) in [7, 11) is 0. The number of aromatic carboxylic acids is 1. The average molecular weight is 270 g/mol. The summed E-state index contributed by atoms with van der Waals surface area (Å²) in [4.78, 5) is 13.1. The third-order valence-corrected chi connectivity index (χ3v) is 3.85. The summed E-state index contributed by atoms with van der Waals surface area (Å²) in [6, 6.07) is 1.56. The number of hydrogen-bond acceptors (Lipinski definition) is 5. The van der Waals surface area contributed by atoms with Crippen LogP contribution in [0.1, 0.15) is 16.1 Å². The largest absolute Gasteiger partial charge is 0.478 e. The molecule has 2 heterocycles. The molecule has 1 fully saturated rings. The minimum atomic E-state index is -0.948. The maximum Gasteiger partial charge on any atom is 0.338 e. The van der Waals surface area contributed by atoms with Crippen LogP contribution >= 0.6 is 11.8 Å². The zero-order valence-corrected chi connectivity index (χ0v) is 11.0. The first-order valence-corrected chi connectivity index (χ1v) is 7.22. The molecule has 0 radical (unpaired) electrons. The van der Waals surface area contributed by atoms with Crippen LogP contribution in [0.3, 0.4) is 0 Å². The number of carbonyl (C=O) groups is 1. The van der Waals surface area contributed by atoms with Crippen molar-refractivity contribution in [3.63, 3.8) is 0 Å².